The van der Waals surface area contributed by atoms with Crippen molar-refractivity contribution < 1.29 is 14.1 Å². The zero-order valence-corrected chi connectivity index (χ0v) is 16.6. The normalized spacial score (nSPS) is 16.3. The lowest BCUT2D eigenvalue weighted by Gasteiger charge is -2.17. The van der Waals surface area contributed by atoms with Gasteiger partial charge in [-0.2, -0.15) is 0 Å². The van der Waals surface area contributed by atoms with E-state index >= 15 is 0 Å². The minimum absolute atomic E-state index is 0.0925. The molecule has 2 aromatic carbocycles. The number of carbonyl (C=O) groups excluding carboxylic acids is 2. The molecule has 7 nitrogen and oxygen atoms in total. The molecule has 1 fully saturated rings. The monoisotopic (exact) mass is 404 g/mol. The summed E-state index contributed by atoms with van der Waals surface area (Å²) < 4.78 is 5.23. The predicted molar refractivity (Wildman–Crippen MR) is 113 cm³/mol. The van der Waals surface area contributed by atoms with E-state index in [2.05, 4.69) is 32.8 Å². The first-order chi connectivity index (χ1) is 14.7. The van der Waals surface area contributed by atoms with Crippen LogP contribution in [-0.4, -0.2) is 47.5 Å². The third kappa shape index (κ3) is 5.12. The second-order valence-electron chi connectivity index (χ2n) is 7.40. The molecule has 1 aliphatic heterocycles. The topological polar surface area (TPSA) is 87.5 Å². The van der Waals surface area contributed by atoms with Gasteiger partial charge in [-0.05, 0) is 12.0 Å². The minimum Gasteiger partial charge on any atom is -0.355 e. The minimum atomic E-state index is -0.437. The molecule has 0 spiro atoms. The number of likely N-dealkylation sites (tertiary alicyclic amines) is 1. The van der Waals surface area contributed by atoms with Gasteiger partial charge in [0.1, 0.15) is 0 Å². The van der Waals surface area contributed by atoms with E-state index in [4.69, 9.17) is 4.52 Å². The largest absolute Gasteiger partial charge is 0.355 e. The SMILES string of the molecule is O=C(CNC(=O)c1cc(-c2ccccc2)on1)NC1CCN(Cc2ccccc2)C1. The van der Waals surface area contributed by atoms with Crippen LogP contribution in [0, 0.1) is 0 Å². The van der Waals surface area contributed by atoms with Gasteiger partial charge in [-0.15, -0.1) is 0 Å². The molecule has 0 bridgehead atoms. The summed E-state index contributed by atoms with van der Waals surface area (Å²) >= 11 is 0. The van der Waals surface area contributed by atoms with Gasteiger partial charge in [0.2, 0.25) is 5.91 Å². The van der Waals surface area contributed by atoms with Crippen molar-refractivity contribution in [1.29, 1.82) is 0 Å². The quantitative estimate of drug-likeness (QED) is 0.632. The summed E-state index contributed by atoms with van der Waals surface area (Å²) in [7, 11) is 0. The first-order valence-electron chi connectivity index (χ1n) is 10.0. The summed E-state index contributed by atoms with van der Waals surface area (Å²) in [5.74, 6) is -0.135. The predicted octanol–water partition coefficient (Wildman–Crippen LogP) is 2.46. The molecular weight excluding hydrogens is 380 g/mol. The average molecular weight is 404 g/mol. The Bertz CT molecular complexity index is 988. The summed E-state index contributed by atoms with van der Waals surface area (Å²) in [6.07, 6.45) is 0.899. The molecule has 0 saturated carbocycles. The summed E-state index contributed by atoms with van der Waals surface area (Å²) in [6, 6.07) is 21.4. The van der Waals surface area contributed by atoms with Gasteiger partial charge in [0.15, 0.2) is 11.5 Å². The van der Waals surface area contributed by atoms with E-state index in [-0.39, 0.29) is 24.2 Å². The van der Waals surface area contributed by atoms with Gasteiger partial charge in [0, 0.05) is 37.3 Å². The molecule has 1 atom stereocenters. The average Bonchev–Trinajstić information content (AvgIpc) is 3.43. The highest BCUT2D eigenvalue weighted by atomic mass is 16.5. The first kappa shape index (κ1) is 19.8. The number of aromatic nitrogens is 1. The fraction of sp³-hybridized carbons (Fsp3) is 0.261. The molecule has 2 amide bonds. The summed E-state index contributed by atoms with van der Waals surface area (Å²) in [5, 5.41) is 9.39. The Labute approximate surface area is 175 Å². The molecular formula is C23H24N4O3. The molecule has 4 rings (SSSR count). The summed E-state index contributed by atoms with van der Waals surface area (Å²) in [5.41, 5.74) is 2.25. The third-order valence-electron chi connectivity index (χ3n) is 5.10. The van der Waals surface area contributed by atoms with Gasteiger partial charge in [-0.25, -0.2) is 0 Å². The molecule has 30 heavy (non-hydrogen) atoms. The van der Waals surface area contributed by atoms with Crippen LogP contribution in [0.3, 0.4) is 0 Å². The van der Waals surface area contributed by atoms with Gasteiger partial charge >= 0.3 is 0 Å². The highest BCUT2D eigenvalue weighted by Crippen LogP contribution is 2.19. The Morgan fingerprint density at radius 1 is 1.07 bits per heavy atom. The van der Waals surface area contributed by atoms with Gasteiger partial charge < -0.3 is 15.2 Å². The molecule has 0 radical (unpaired) electrons. The van der Waals surface area contributed by atoms with Crippen LogP contribution < -0.4 is 10.6 Å². The summed E-state index contributed by atoms with van der Waals surface area (Å²) in [6.45, 7) is 2.52. The Balaban J connectivity index is 1.21. The Kier molecular flexibility index (Phi) is 6.20. The van der Waals surface area contributed by atoms with E-state index in [1.807, 2.05) is 48.5 Å². The van der Waals surface area contributed by atoms with E-state index in [1.165, 1.54) is 5.56 Å². The van der Waals surface area contributed by atoms with Crippen LogP contribution in [0.4, 0.5) is 0 Å². The molecule has 2 N–H and O–H groups in total. The Morgan fingerprint density at radius 2 is 1.80 bits per heavy atom. The molecule has 1 aliphatic rings. The van der Waals surface area contributed by atoms with Crippen molar-refractivity contribution in [3.8, 4) is 11.3 Å². The van der Waals surface area contributed by atoms with Crippen molar-refractivity contribution in [1.82, 2.24) is 20.7 Å². The highest BCUT2D eigenvalue weighted by Gasteiger charge is 2.24. The number of nitrogens with zero attached hydrogens (tertiary/aromatic N) is 2. The van der Waals surface area contributed by atoms with Crippen molar-refractivity contribution in [3.63, 3.8) is 0 Å². The first-order valence-corrected chi connectivity index (χ1v) is 10.0. The third-order valence-corrected chi connectivity index (χ3v) is 5.10. The van der Waals surface area contributed by atoms with Crippen LogP contribution in [-0.2, 0) is 11.3 Å². The second kappa shape index (κ2) is 9.37. The van der Waals surface area contributed by atoms with Crippen molar-refractivity contribution in [2.75, 3.05) is 19.6 Å². The number of carbonyl (C=O) groups is 2. The number of amides is 2. The smallest absolute Gasteiger partial charge is 0.273 e. The van der Waals surface area contributed by atoms with E-state index in [9.17, 15) is 9.59 Å². The number of benzene rings is 2. The van der Waals surface area contributed by atoms with Gasteiger partial charge in [-0.3, -0.25) is 14.5 Å². The molecule has 1 saturated heterocycles. The molecule has 1 aromatic heterocycles. The maximum absolute atomic E-state index is 12.3. The lowest BCUT2D eigenvalue weighted by molar-refractivity contribution is -0.120. The second-order valence-corrected chi connectivity index (χ2v) is 7.40. The van der Waals surface area contributed by atoms with Crippen LogP contribution >= 0.6 is 0 Å². The molecule has 154 valence electrons. The standard InChI is InChI=1S/C23H24N4O3/c28-22(25-19-11-12-27(16-19)15-17-7-3-1-4-8-17)14-24-23(29)20-13-21(30-26-20)18-9-5-2-6-10-18/h1-10,13,19H,11-12,14-16H2,(H,24,29)(H,25,28). The van der Waals surface area contributed by atoms with Crippen LogP contribution in [0.25, 0.3) is 11.3 Å². The number of rotatable bonds is 7. The fourth-order valence-corrected chi connectivity index (χ4v) is 3.59. The van der Waals surface area contributed by atoms with Gasteiger partial charge in [0.25, 0.3) is 5.91 Å². The maximum Gasteiger partial charge on any atom is 0.273 e. The Morgan fingerprint density at radius 3 is 2.57 bits per heavy atom. The zero-order chi connectivity index (χ0) is 20.8. The molecule has 0 aliphatic carbocycles. The number of nitrogens with one attached hydrogen (secondary N) is 2. The maximum atomic E-state index is 12.3. The fourth-order valence-electron chi connectivity index (χ4n) is 3.59. The van der Waals surface area contributed by atoms with Crippen LogP contribution in [0.1, 0.15) is 22.5 Å². The van der Waals surface area contributed by atoms with Crippen molar-refractivity contribution in [3.05, 3.63) is 78.0 Å². The van der Waals surface area contributed by atoms with Gasteiger partial charge in [-0.1, -0.05) is 65.8 Å². The molecule has 1 unspecified atom stereocenters. The van der Waals surface area contributed by atoms with Crippen LogP contribution in [0.15, 0.2) is 71.3 Å². The van der Waals surface area contributed by atoms with Crippen molar-refractivity contribution >= 4 is 11.8 Å². The van der Waals surface area contributed by atoms with E-state index in [0.717, 1.165) is 31.6 Å². The summed E-state index contributed by atoms with van der Waals surface area (Å²) in [4.78, 5) is 26.8. The lowest BCUT2D eigenvalue weighted by atomic mass is 10.1. The van der Waals surface area contributed by atoms with Crippen LogP contribution in [0.2, 0.25) is 0 Å². The zero-order valence-electron chi connectivity index (χ0n) is 16.6. The van der Waals surface area contributed by atoms with E-state index < -0.39 is 5.91 Å². The Hall–Kier alpha value is -3.45. The number of hydrogen-bond donors (Lipinski definition) is 2. The van der Waals surface area contributed by atoms with Crippen LogP contribution in [0.5, 0.6) is 0 Å². The van der Waals surface area contributed by atoms with E-state index in [1.54, 1.807) is 6.07 Å². The number of hydrogen-bond acceptors (Lipinski definition) is 5. The lowest BCUT2D eigenvalue weighted by Crippen LogP contribution is -2.43. The van der Waals surface area contributed by atoms with Gasteiger partial charge in [0.05, 0.1) is 6.54 Å². The molecule has 7 heteroatoms. The van der Waals surface area contributed by atoms with E-state index in [0.29, 0.717) is 5.76 Å². The molecule has 2 heterocycles. The molecule has 3 aromatic rings. The van der Waals surface area contributed by atoms with Crippen molar-refractivity contribution in [2.45, 2.75) is 19.0 Å². The highest BCUT2D eigenvalue weighted by molar-refractivity contribution is 5.95. The van der Waals surface area contributed by atoms with Crippen molar-refractivity contribution in [2.24, 2.45) is 0 Å².